The average Bonchev–Trinajstić information content (AvgIpc) is 2.59. The molecule has 1 heterocycles. The molecule has 0 saturated carbocycles. The minimum Gasteiger partial charge on any atom is -0.353 e. The highest BCUT2D eigenvalue weighted by molar-refractivity contribution is 5.28. The SMILES string of the molecule is CCC(C)Cn1cc2c(c1)C(N)CCCC2. The van der Waals surface area contributed by atoms with Crippen LogP contribution in [0.15, 0.2) is 12.4 Å². The zero-order chi connectivity index (χ0) is 11.5. The fourth-order valence-corrected chi connectivity index (χ4v) is 2.55. The number of rotatable bonds is 3. The first-order chi connectivity index (χ1) is 7.70. The van der Waals surface area contributed by atoms with Crippen molar-refractivity contribution >= 4 is 0 Å². The Bertz CT molecular complexity index is 341. The molecule has 1 aromatic heterocycles. The average molecular weight is 220 g/mol. The van der Waals surface area contributed by atoms with Gasteiger partial charge in [-0.3, -0.25) is 0 Å². The second-order valence-corrected chi connectivity index (χ2v) is 5.30. The Morgan fingerprint density at radius 3 is 3.00 bits per heavy atom. The molecule has 1 aromatic rings. The number of hydrogen-bond acceptors (Lipinski definition) is 1. The normalized spacial score (nSPS) is 22.6. The summed E-state index contributed by atoms with van der Waals surface area (Å²) in [6.07, 6.45) is 10.8. The number of fused-ring (bicyclic) bond motifs is 1. The fraction of sp³-hybridized carbons (Fsp3) is 0.714. The van der Waals surface area contributed by atoms with Crippen LogP contribution in [0, 0.1) is 5.92 Å². The molecule has 2 atom stereocenters. The molecule has 1 aliphatic carbocycles. The molecule has 0 fully saturated rings. The smallest absolute Gasteiger partial charge is 0.0312 e. The molecule has 0 amide bonds. The Kier molecular flexibility index (Phi) is 3.70. The largest absolute Gasteiger partial charge is 0.353 e. The molecular formula is C14H24N2. The number of nitrogens with two attached hydrogens (primary N) is 1. The lowest BCUT2D eigenvalue weighted by Crippen LogP contribution is -2.09. The minimum atomic E-state index is 0.274. The van der Waals surface area contributed by atoms with Gasteiger partial charge in [0, 0.05) is 25.0 Å². The first kappa shape index (κ1) is 11.7. The van der Waals surface area contributed by atoms with E-state index in [1.165, 1.54) is 36.8 Å². The summed E-state index contributed by atoms with van der Waals surface area (Å²) in [5.41, 5.74) is 9.11. The van der Waals surface area contributed by atoms with Gasteiger partial charge >= 0.3 is 0 Å². The van der Waals surface area contributed by atoms with E-state index in [2.05, 4.69) is 30.8 Å². The third-order valence-electron chi connectivity index (χ3n) is 3.83. The summed E-state index contributed by atoms with van der Waals surface area (Å²) in [5.74, 6) is 0.757. The van der Waals surface area contributed by atoms with Gasteiger partial charge in [0.2, 0.25) is 0 Å². The van der Waals surface area contributed by atoms with Gasteiger partial charge in [0.15, 0.2) is 0 Å². The molecule has 90 valence electrons. The van der Waals surface area contributed by atoms with Gasteiger partial charge in [-0.2, -0.15) is 0 Å². The minimum absolute atomic E-state index is 0.274. The molecule has 0 bridgehead atoms. The zero-order valence-corrected chi connectivity index (χ0v) is 10.6. The highest BCUT2D eigenvalue weighted by Crippen LogP contribution is 2.28. The Hall–Kier alpha value is -0.760. The van der Waals surface area contributed by atoms with E-state index < -0.39 is 0 Å². The predicted octanol–water partition coefficient (Wildman–Crippen LogP) is 3.26. The van der Waals surface area contributed by atoms with Gasteiger partial charge in [0.05, 0.1) is 0 Å². The van der Waals surface area contributed by atoms with E-state index in [0.717, 1.165) is 18.9 Å². The summed E-state index contributed by atoms with van der Waals surface area (Å²) in [7, 11) is 0. The van der Waals surface area contributed by atoms with E-state index in [1.807, 2.05) is 0 Å². The molecule has 0 saturated heterocycles. The van der Waals surface area contributed by atoms with Crippen molar-refractivity contribution in [2.75, 3.05) is 0 Å². The summed E-state index contributed by atoms with van der Waals surface area (Å²) in [5, 5.41) is 0. The van der Waals surface area contributed by atoms with Gasteiger partial charge in [0.1, 0.15) is 0 Å². The van der Waals surface area contributed by atoms with E-state index in [1.54, 1.807) is 0 Å². The van der Waals surface area contributed by atoms with Crippen molar-refractivity contribution in [1.82, 2.24) is 4.57 Å². The van der Waals surface area contributed by atoms with Crippen LogP contribution in [0.3, 0.4) is 0 Å². The van der Waals surface area contributed by atoms with Crippen LogP contribution < -0.4 is 5.73 Å². The number of nitrogens with zero attached hydrogens (tertiary/aromatic N) is 1. The maximum atomic E-state index is 6.21. The molecule has 2 N–H and O–H groups in total. The monoisotopic (exact) mass is 220 g/mol. The molecule has 1 aliphatic rings. The first-order valence-electron chi connectivity index (χ1n) is 6.64. The van der Waals surface area contributed by atoms with Crippen molar-refractivity contribution in [2.24, 2.45) is 11.7 Å². The molecule has 2 unspecified atom stereocenters. The van der Waals surface area contributed by atoms with Crippen LogP contribution in [0.1, 0.15) is 56.7 Å². The summed E-state index contributed by atoms with van der Waals surface area (Å²) in [6.45, 7) is 5.70. The summed E-state index contributed by atoms with van der Waals surface area (Å²) in [6, 6.07) is 0.274. The van der Waals surface area contributed by atoms with Gasteiger partial charge in [-0.15, -0.1) is 0 Å². The Balaban J connectivity index is 2.15. The van der Waals surface area contributed by atoms with E-state index in [9.17, 15) is 0 Å². The van der Waals surface area contributed by atoms with Gasteiger partial charge in [-0.05, 0) is 36.3 Å². The molecular weight excluding hydrogens is 196 g/mol. The van der Waals surface area contributed by atoms with E-state index in [-0.39, 0.29) is 6.04 Å². The van der Waals surface area contributed by atoms with Crippen molar-refractivity contribution in [1.29, 1.82) is 0 Å². The highest BCUT2D eigenvalue weighted by Gasteiger charge is 2.17. The van der Waals surface area contributed by atoms with Crippen molar-refractivity contribution in [3.63, 3.8) is 0 Å². The van der Waals surface area contributed by atoms with Crippen molar-refractivity contribution in [3.05, 3.63) is 23.5 Å². The van der Waals surface area contributed by atoms with Crippen LogP contribution in [0.25, 0.3) is 0 Å². The summed E-state index contributed by atoms with van der Waals surface area (Å²) >= 11 is 0. The fourth-order valence-electron chi connectivity index (χ4n) is 2.55. The lowest BCUT2D eigenvalue weighted by molar-refractivity contribution is 0.467. The standard InChI is InChI=1S/C14H24N2/c1-3-11(2)8-16-9-12-6-4-5-7-14(15)13(12)10-16/h9-11,14H,3-8,15H2,1-2H3. The van der Waals surface area contributed by atoms with Crippen LogP contribution in [-0.2, 0) is 13.0 Å². The first-order valence-corrected chi connectivity index (χ1v) is 6.64. The van der Waals surface area contributed by atoms with Gasteiger partial charge < -0.3 is 10.3 Å². The van der Waals surface area contributed by atoms with Gasteiger partial charge in [0.25, 0.3) is 0 Å². The van der Waals surface area contributed by atoms with E-state index >= 15 is 0 Å². The molecule has 2 heteroatoms. The Labute approximate surface area is 98.8 Å². The molecule has 0 spiro atoms. The highest BCUT2D eigenvalue weighted by atomic mass is 14.9. The third kappa shape index (κ3) is 2.49. The lowest BCUT2D eigenvalue weighted by Gasteiger charge is -2.10. The molecule has 2 rings (SSSR count). The summed E-state index contributed by atoms with van der Waals surface area (Å²) < 4.78 is 2.35. The molecule has 0 radical (unpaired) electrons. The maximum Gasteiger partial charge on any atom is 0.0312 e. The number of hydrogen-bond donors (Lipinski definition) is 1. The molecule has 0 aliphatic heterocycles. The van der Waals surface area contributed by atoms with E-state index in [0.29, 0.717) is 0 Å². The topological polar surface area (TPSA) is 30.9 Å². The maximum absolute atomic E-state index is 6.21. The quantitative estimate of drug-likeness (QED) is 0.779. The van der Waals surface area contributed by atoms with Crippen LogP contribution in [-0.4, -0.2) is 4.57 Å². The van der Waals surface area contributed by atoms with Gasteiger partial charge in [-0.1, -0.05) is 26.7 Å². The zero-order valence-electron chi connectivity index (χ0n) is 10.6. The van der Waals surface area contributed by atoms with Crippen molar-refractivity contribution in [3.8, 4) is 0 Å². The lowest BCUT2D eigenvalue weighted by atomic mass is 10.1. The summed E-state index contributed by atoms with van der Waals surface area (Å²) in [4.78, 5) is 0. The van der Waals surface area contributed by atoms with Crippen LogP contribution in [0.2, 0.25) is 0 Å². The van der Waals surface area contributed by atoms with Gasteiger partial charge in [-0.25, -0.2) is 0 Å². The molecule has 16 heavy (non-hydrogen) atoms. The third-order valence-corrected chi connectivity index (χ3v) is 3.83. The number of aryl methyl sites for hydroxylation is 1. The Morgan fingerprint density at radius 1 is 1.44 bits per heavy atom. The van der Waals surface area contributed by atoms with Crippen LogP contribution in [0.5, 0.6) is 0 Å². The predicted molar refractivity (Wildman–Crippen MR) is 68.4 cm³/mol. The van der Waals surface area contributed by atoms with Crippen molar-refractivity contribution < 1.29 is 0 Å². The van der Waals surface area contributed by atoms with Crippen LogP contribution >= 0.6 is 0 Å². The molecule has 0 aromatic carbocycles. The Morgan fingerprint density at radius 2 is 2.25 bits per heavy atom. The second-order valence-electron chi connectivity index (χ2n) is 5.30. The van der Waals surface area contributed by atoms with E-state index in [4.69, 9.17) is 5.73 Å². The molecule has 2 nitrogen and oxygen atoms in total. The second kappa shape index (κ2) is 5.05. The van der Waals surface area contributed by atoms with Crippen LogP contribution in [0.4, 0.5) is 0 Å². The number of aromatic nitrogens is 1. The van der Waals surface area contributed by atoms with Crippen molar-refractivity contribution in [2.45, 2.75) is 58.5 Å².